The number of carbonyl (C=O) groups is 1. The van der Waals surface area contributed by atoms with Crippen molar-refractivity contribution in [3.8, 4) is 0 Å². The normalized spacial score (nSPS) is 13.5. The Morgan fingerprint density at radius 2 is 1.81 bits per heavy atom. The van der Waals surface area contributed by atoms with E-state index in [1.165, 1.54) is 24.3 Å². The number of carbonyl (C=O) groups excluding carboxylic acids is 1. The lowest BCUT2D eigenvalue weighted by atomic mass is 9.95. The second-order valence-corrected chi connectivity index (χ2v) is 3.76. The topological polar surface area (TPSA) is 43.1 Å². The Labute approximate surface area is 95.2 Å². The maximum Gasteiger partial charge on any atom is 0.390 e. The third kappa shape index (κ3) is 3.73. The van der Waals surface area contributed by atoms with Crippen LogP contribution in [0.4, 0.5) is 13.2 Å². The highest BCUT2D eigenvalue weighted by Gasteiger charge is 2.35. The molecular weight excluding hydrogens is 243 g/mol. The zero-order valence-electron chi connectivity index (χ0n) is 8.09. The summed E-state index contributed by atoms with van der Waals surface area (Å²) in [5.74, 6) is -2.36. The van der Waals surface area contributed by atoms with Crippen LogP contribution >= 0.6 is 11.6 Å². The van der Waals surface area contributed by atoms with Gasteiger partial charge in [0.05, 0.1) is 12.3 Å². The van der Waals surface area contributed by atoms with E-state index in [9.17, 15) is 18.0 Å². The van der Waals surface area contributed by atoms with Gasteiger partial charge in [-0.05, 0) is 17.7 Å². The van der Waals surface area contributed by atoms with Gasteiger partial charge in [0.15, 0.2) is 0 Å². The van der Waals surface area contributed by atoms with Gasteiger partial charge in [0, 0.05) is 5.02 Å². The zero-order chi connectivity index (χ0) is 12.3. The summed E-state index contributed by atoms with van der Waals surface area (Å²) in [6.45, 7) is 0. The molecule has 0 spiro atoms. The fraction of sp³-hybridized carbons (Fsp3) is 0.300. The molecule has 0 heterocycles. The Kier molecular flexibility index (Phi) is 3.80. The van der Waals surface area contributed by atoms with E-state index in [1.54, 1.807) is 0 Å². The van der Waals surface area contributed by atoms with Crippen molar-refractivity contribution in [2.75, 3.05) is 0 Å². The number of nitrogens with two attached hydrogens (primary N) is 1. The number of primary amides is 1. The average molecular weight is 252 g/mol. The molecule has 0 aliphatic carbocycles. The highest BCUT2D eigenvalue weighted by molar-refractivity contribution is 6.30. The van der Waals surface area contributed by atoms with E-state index < -0.39 is 24.4 Å². The van der Waals surface area contributed by atoms with Crippen molar-refractivity contribution >= 4 is 17.5 Å². The molecule has 1 unspecified atom stereocenters. The molecule has 16 heavy (non-hydrogen) atoms. The first-order valence-electron chi connectivity index (χ1n) is 4.41. The standard InChI is InChI=1S/C10H9ClF3NO/c11-7-3-1-6(2-4-7)8(9(15)16)5-10(12,13)14/h1-4,8H,5H2,(H2,15,16). The number of alkyl halides is 3. The van der Waals surface area contributed by atoms with Crippen molar-refractivity contribution < 1.29 is 18.0 Å². The molecule has 2 N–H and O–H groups in total. The fourth-order valence-electron chi connectivity index (χ4n) is 1.31. The molecule has 0 saturated heterocycles. The fourth-order valence-corrected chi connectivity index (χ4v) is 1.44. The Morgan fingerprint density at radius 1 is 1.31 bits per heavy atom. The van der Waals surface area contributed by atoms with Crippen LogP contribution in [-0.4, -0.2) is 12.1 Å². The molecule has 1 rings (SSSR count). The largest absolute Gasteiger partial charge is 0.390 e. The van der Waals surface area contributed by atoms with Crippen LogP contribution in [0.3, 0.4) is 0 Å². The van der Waals surface area contributed by atoms with Gasteiger partial charge in [0.1, 0.15) is 0 Å². The van der Waals surface area contributed by atoms with Gasteiger partial charge in [-0.1, -0.05) is 23.7 Å². The minimum atomic E-state index is -4.43. The summed E-state index contributed by atoms with van der Waals surface area (Å²) in [4.78, 5) is 11.0. The van der Waals surface area contributed by atoms with Gasteiger partial charge in [0.2, 0.25) is 5.91 Å². The van der Waals surface area contributed by atoms with E-state index in [0.717, 1.165) is 0 Å². The van der Waals surface area contributed by atoms with Crippen LogP contribution in [0.1, 0.15) is 17.9 Å². The Morgan fingerprint density at radius 3 is 2.19 bits per heavy atom. The molecule has 0 bridgehead atoms. The van der Waals surface area contributed by atoms with E-state index in [1.807, 2.05) is 0 Å². The molecule has 88 valence electrons. The first-order chi connectivity index (χ1) is 7.29. The van der Waals surface area contributed by atoms with Crippen LogP contribution < -0.4 is 5.73 Å². The molecule has 0 aromatic heterocycles. The summed E-state index contributed by atoms with van der Waals surface area (Å²) >= 11 is 5.59. The molecule has 0 radical (unpaired) electrons. The van der Waals surface area contributed by atoms with Crippen LogP contribution in [-0.2, 0) is 4.79 Å². The van der Waals surface area contributed by atoms with Crippen LogP contribution in [0.15, 0.2) is 24.3 Å². The second-order valence-electron chi connectivity index (χ2n) is 3.33. The molecule has 0 saturated carbocycles. The zero-order valence-corrected chi connectivity index (χ0v) is 8.85. The maximum absolute atomic E-state index is 12.2. The molecule has 0 aliphatic heterocycles. The smallest absolute Gasteiger partial charge is 0.369 e. The molecule has 0 aliphatic rings. The molecule has 1 aromatic rings. The first-order valence-corrected chi connectivity index (χ1v) is 4.79. The van der Waals surface area contributed by atoms with Crippen LogP contribution in [0.25, 0.3) is 0 Å². The predicted octanol–water partition coefficient (Wildman–Crippen LogP) is 2.86. The second kappa shape index (κ2) is 4.74. The van der Waals surface area contributed by atoms with Gasteiger partial charge in [-0.3, -0.25) is 4.79 Å². The summed E-state index contributed by atoms with van der Waals surface area (Å²) in [7, 11) is 0. The molecule has 1 amide bonds. The Hall–Kier alpha value is -1.23. The Bertz CT molecular complexity index is 375. The van der Waals surface area contributed by atoms with Crippen molar-refractivity contribution in [1.82, 2.24) is 0 Å². The van der Waals surface area contributed by atoms with Crippen LogP contribution in [0.2, 0.25) is 5.02 Å². The third-order valence-electron chi connectivity index (χ3n) is 2.05. The number of amides is 1. The number of hydrogen-bond acceptors (Lipinski definition) is 1. The van der Waals surface area contributed by atoms with Gasteiger partial charge < -0.3 is 5.73 Å². The number of rotatable bonds is 3. The van der Waals surface area contributed by atoms with Crippen LogP contribution in [0, 0.1) is 0 Å². The van der Waals surface area contributed by atoms with E-state index in [-0.39, 0.29) is 5.56 Å². The van der Waals surface area contributed by atoms with Gasteiger partial charge in [-0.15, -0.1) is 0 Å². The molecule has 6 heteroatoms. The minimum Gasteiger partial charge on any atom is -0.369 e. The SMILES string of the molecule is NC(=O)C(CC(F)(F)F)c1ccc(Cl)cc1. The van der Waals surface area contributed by atoms with Crippen molar-refractivity contribution in [3.63, 3.8) is 0 Å². The first kappa shape index (κ1) is 12.8. The van der Waals surface area contributed by atoms with E-state index in [0.29, 0.717) is 5.02 Å². The highest BCUT2D eigenvalue weighted by Crippen LogP contribution is 2.31. The molecule has 2 nitrogen and oxygen atoms in total. The van der Waals surface area contributed by atoms with Gasteiger partial charge in [0.25, 0.3) is 0 Å². The summed E-state index contributed by atoms with van der Waals surface area (Å²) < 4.78 is 36.6. The van der Waals surface area contributed by atoms with Crippen molar-refractivity contribution in [1.29, 1.82) is 0 Å². The number of benzene rings is 1. The van der Waals surface area contributed by atoms with Gasteiger partial charge in [-0.25, -0.2) is 0 Å². The summed E-state index contributed by atoms with van der Waals surface area (Å²) in [6.07, 6.45) is -5.69. The lowest BCUT2D eigenvalue weighted by molar-refractivity contribution is -0.146. The maximum atomic E-state index is 12.2. The Balaban J connectivity index is 2.94. The molecular formula is C10H9ClF3NO. The monoisotopic (exact) mass is 251 g/mol. The number of halogens is 4. The summed E-state index contributed by atoms with van der Waals surface area (Å²) in [5, 5.41) is 0.388. The van der Waals surface area contributed by atoms with E-state index >= 15 is 0 Å². The summed E-state index contributed by atoms with van der Waals surface area (Å²) in [5.41, 5.74) is 5.16. The lowest BCUT2D eigenvalue weighted by Crippen LogP contribution is -2.26. The third-order valence-corrected chi connectivity index (χ3v) is 2.30. The van der Waals surface area contributed by atoms with Gasteiger partial charge >= 0.3 is 6.18 Å². The predicted molar refractivity (Wildman–Crippen MR) is 54.1 cm³/mol. The van der Waals surface area contributed by atoms with E-state index in [4.69, 9.17) is 17.3 Å². The summed E-state index contributed by atoms with van der Waals surface area (Å²) in [6, 6.07) is 5.57. The lowest BCUT2D eigenvalue weighted by Gasteiger charge is -2.15. The van der Waals surface area contributed by atoms with Crippen LogP contribution in [0.5, 0.6) is 0 Å². The highest BCUT2D eigenvalue weighted by atomic mass is 35.5. The van der Waals surface area contributed by atoms with Crippen molar-refractivity contribution in [2.45, 2.75) is 18.5 Å². The van der Waals surface area contributed by atoms with Gasteiger partial charge in [-0.2, -0.15) is 13.2 Å². The quantitative estimate of drug-likeness (QED) is 0.882. The number of hydrogen-bond donors (Lipinski definition) is 1. The molecule has 0 fully saturated rings. The van der Waals surface area contributed by atoms with Crippen molar-refractivity contribution in [3.05, 3.63) is 34.9 Å². The molecule has 1 aromatic carbocycles. The van der Waals surface area contributed by atoms with Crippen molar-refractivity contribution in [2.24, 2.45) is 5.73 Å². The minimum absolute atomic E-state index is 0.217. The molecule has 1 atom stereocenters. The average Bonchev–Trinajstić information content (AvgIpc) is 2.14. The van der Waals surface area contributed by atoms with E-state index in [2.05, 4.69) is 0 Å².